The van der Waals surface area contributed by atoms with Gasteiger partial charge in [0.2, 0.25) is 0 Å². The minimum atomic E-state index is -3.43. The molecule has 6 heteroatoms. The maximum absolute atomic E-state index is 10.7. The molecule has 0 aliphatic carbocycles. The Hall–Kier alpha value is -0.170. The van der Waals surface area contributed by atoms with E-state index in [9.17, 15) is 8.42 Å². The van der Waals surface area contributed by atoms with Gasteiger partial charge in [0.1, 0.15) is 0 Å². The lowest BCUT2D eigenvalue weighted by Crippen LogP contribution is -2.42. The van der Waals surface area contributed by atoms with Crippen LogP contribution in [0.4, 0.5) is 0 Å². The third kappa shape index (κ3) is 8.80. The number of hydrogen-bond donors (Lipinski definition) is 1. The van der Waals surface area contributed by atoms with Crippen LogP contribution in [-0.4, -0.2) is 39.0 Å². The van der Waals surface area contributed by atoms with E-state index in [2.05, 4.69) is 4.18 Å². The lowest BCUT2D eigenvalue weighted by atomic mass is 10.1. The first-order valence-electron chi connectivity index (χ1n) is 4.79. The van der Waals surface area contributed by atoms with Crippen molar-refractivity contribution in [1.82, 2.24) is 0 Å². The smallest absolute Gasteiger partial charge is 0.264 e. The summed E-state index contributed by atoms with van der Waals surface area (Å²) in [5.74, 6) is 0. The van der Waals surface area contributed by atoms with Gasteiger partial charge in [0.25, 0.3) is 10.1 Å². The highest BCUT2D eigenvalue weighted by Crippen LogP contribution is 2.12. The fraction of sp³-hybridized carbons (Fsp3) is 1.00. The molecule has 2 unspecified atom stereocenters. The number of ether oxygens (including phenoxy) is 1. The quantitative estimate of drug-likeness (QED) is 0.706. The molecule has 0 aromatic carbocycles. The van der Waals surface area contributed by atoms with Crippen LogP contribution in [-0.2, 0) is 19.0 Å². The van der Waals surface area contributed by atoms with Crippen LogP contribution >= 0.6 is 0 Å². The summed E-state index contributed by atoms with van der Waals surface area (Å²) < 4.78 is 31.6. The molecular formula is C9H21NO4S. The Balaban J connectivity index is 4.06. The van der Waals surface area contributed by atoms with Crippen LogP contribution in [0.1, 0.15) is 27.7 Å². The molecule has 0 aliphatic rings. The molecule has 0 heterocycles. The van der Waals surface area contributed by atoms with E-state index in [0.717, 1.165) is 6.26 Å². The highest BCUT2D eigenvalue weighted by Gasteiger charge is 2.21. The van der Waals surface area contributed by atoms with Crippen LogP contribution in [0.5, 0.6) is 0 Å². The van der Waals surface area contributed by atoms with Crippen molar-refractivity contribution in [2.75, 3.05) is 12.9 Å². The molecule has 0 spiro atoms. The fourth-order valence-electron chi connectivity index (χ4n) is 0.983. The van der Waals surface area contributed by atoms with E-state index in [-0.39, 0.29) is 18.3 Å². The number of rotatable bonds is 5. The maximum atomic E-state index is 10.7. The van der Waals surface area contributed by atoms with Gasteiger partial charge in [-0.15, -0.1) is 0 Å². The van der Waals surface area contributed by atoms with Crippen LogP contribution in [0.25, 0.3) is 0 Å². The number of hydrogen-bond acceptors (Lipinski definition) is 5. The van der Waals surface area contributed by atoms with Gasteiger partial charge in [-0.1, -0.05) is 0 Å². The summed E-state index contributed by atoms with van der Waals surface area (Å²) in [5, 5.41) is 0. The highest BCUT2D eigenvalue weighted by molar-refractivity contribution is 7.85. The lowest BCUT2D eigenvalue weighted by Gasteiger charge is -2.28. The largest absolute Gasteiger partial charge is 0.371 e. The molecular weight excluding hydrogens is 218 g/mol. The monoisotopic (exact) mass is 239 g/mol. The van der Waals surface area contributed by atoms with E-state index >= 15 is 0 Å². The van der Waals surface area contributed by atoms with E-state index in [0.29, 0.717) is 0 Å². The van der Waals surface area contributed by atoms with E-state index in [1.165, 1.54) is 0 Å². The van der Waals surface area contributed by atoms with Gasteiger partial charge in [-0.05, 0) is 27.7 Å². The van der Waals surface area contributed by atoms with Crippen LogP contribution in [0.15, 0.2) is 0 Å². The molecule has 92 valence electrons. The topological polar surface area (TPSA) is 78.6 Å². The Bertz CT molecular complexity index is 281. The molecule has 2 atom stereocenters. The van der Waals surface area contributed by atoms with Gasteiger partial charge >= 0.3 is 0 Å². The van der Waals surface area contributed by atoms with Crippen molar-refractivity contribution in [2.45, 2.75) is 45.4 Å². The molecule has 0 saturated carbocycles. The molecule has 0 aromatic heterocycles. The standard InChI is InChI=1S/C9H21NO4S/c1-7(14-9(2,3)4)8(10)6-13-15(5,11)12/h7-8H,6,10H2,1-5H3. The zero-order valence-corrected chi connectivity index (χ0v) is 10.8. The molecule has 0 saturated heterocycles. The predicted octanol–water partition coefficient (Wildman–Crippen LogP) is 0.494. The maximum Gasteiger partial charge on any atom is 0.264 e. The second-order valence-corrected chi connectivity index (χ2v) is 6.23. The lowest BCUT2D eigenvalue weighted by molar-refractivity contribution is -0.0654. The third-order valence-electron chi connectivity index (χ3n) is 1.62. The Morgan fingerprint density at radius 2 is 1.80 bits per heavy atom. The Morgan fingerprint density at radius 3 is 2.13 bits per heavy atom. The second kappa shape index (κ2) is 5.25. The minimum Gasteiger partial charge on any atom is -0.371 e. The second-order valence-electron chi connectivity index (χ2n) is 4.59. The summed E-state index contributed by atoms with van der Waals surface area (Å²) in [6.07, 6.45) is 0.737. The molecule has 0 fully saturated rings. The Morgan fingerprint density at radius 1 is 1.33 bits per heavy atom. The SMILES string of the molecule is CC(OC(C)(C)C)C(N)COS(C)(=O)=O. The van der Waals surface area contributed by atoms with Crippen molar-refractivity contribution < 1.29 is 17.3 Å². The first-order chi connectivity index (χ1) is 6.51. The normalized spacial score (nSPS) is 17.5. The van der Waals surface area contributed by atoms with Crippen LogP contribution < -0.4 is 5.73 Å². The first-order valence-corrected chi connectivity index (χ1v) is 6.61. The Labute approximate surface area is 92.1 Å². The number of nitrogens with two attached hydrogens (primary N) is 1. The molecule has 0 amide bonds. The molecule has 0 bridgehead atoms. The van der Waals surface area contributed by atoms with Crippen molar-refractivity contribution in [3.05, 3.63) is 0 Å². The van der Waals surface area contributed by atoms with Gasteiger partial charge in [0.15, 0.2) is 0 Å². The van der Waals surface area contributed by atoms with Crippen LogP contribution in [0, 0.1) is 0 Å². The summed E-state index contributed by atoms with van der Waals surface area (Å²) in [6, 6.07) is -0.459. The highest BCUT2D eigenvalue weighted by atomic mass is 32.2. The van der Waals surface area contributed by atoms with Gasteiger partial charge in [0, 0.05) is 0 Å². The average molecular weight is 239 g/mol. The van der Waals surface area contributed by atoms with Gasteiger partial charge in [-0.2, -0.15) is 8.42 Å². The zero-order valence-electron chi connectivity index (χ0n) is 9.98. The van der Waals surface area contributed by atoms with E-state index in [1.807, 2.05) is 20.8 Å². The molecule has 0 radical (unpaired) electrons. The van der Waals surface area contributed by atoms with Crippen LogP contribution in [0.2, 0.25) is 0 Å². The Kier molecular flexibility index (Phi) is 5.19. The summed E-state index contributed by atoms with van der Waals surface area (Å²) >= 11 is 0. The minimum absolute atomic E-state index is 0.0594. The molecule has 15 heavy (non-hydrogen) atoms. The van der Waals surface area contributed by atoms with Crippen LogP contribution in [0.3, 0.4) is 0 Å². The zero-order chi connectivity index (χ0) is 12.3. The first kappa shape index (κ1) is 14.8. The van der Waals surface area contributed by atoms with Gasteiger partial charge in [0.05, 0.1) is 30.6 Å². The van der Waals surface area contributed by atoms with Crippen molar-refractivity contribution >= 4 is 10.1 Å². The van der Waals surface area contributed by atoms with E-state index < -0.39 is 16.2 Å². The van der Waals surface area contributed by atoms with Crippen molar-refractivity contribution in [2.24, 2.45) is 5.73 Å². The summed E-state index contributed by atoms with van der Waals surface area (Å²) in [4.78, 5) is 0. The molecule has 0 aliphatic heterocycles. The van der Waals surface area contributed by atoms with Gasteiger partial charge in [-0.3, -0.25) is 4.18 Å². The predicted molar refractivity (Wildman–Crippen MR) is 59.1 cm³/mol. The van der Waals surface area contributed by atoms with Crippen molar-refractivity contribution in [3.8, 4) is 0 Å². The fourth-order valence-corrected chi connectivity index (χ4v) is 1.39. The van der Waals surface area contributed by atoms with E-state index in [1.54, 1.807) is 6.92 Å². The summed E-state index contributed by atoms with van der Waals surface area (Å²) in [6.45, 7) is 7.46. The van der Waals surface area contributed by atoms with Gasteiger partial charge in [-0.25, -0.2) is 0 Å². The molecule has 5 nitrogen and oxygen atoms in total. The van der Waals surface area contributed by atoms with Crippen molar-refractivity contribution in [1.29, 1.82) is 0 Å². The third-order valence-corrected chi connectivity index (χ3v) is 2.18. The summed E-state index contributed by atoms with van der Waals surface area (Å²) in [5.41, 5.74) is 5.41. The molecule has 2 N–H and O–H groups in total. The summed E-state index contributed by atoms with van der Waals surface area (Å²) in [7, 11) is -3.43. The van der Waals surface area contributed by atoms with Gasteiger partial charge < -0.3 is 10.5 Å². The molecule has 0 rings (SSSR count). The average Bonchev–Trinajstić information content (AvgIpc) is 1.95. The van der Waals surface area contributed by atoms with E-state index in [4.69, 9.17) is 10.5 Å². The van der Waals surface area contributed by atoms with Crippen molar-refractivity contribution in [3.63, 3.8) is 0 Å². The molecule has 0 aromatic rings.